The highest BCUT2D eigenvalue weighted by Crippen LogP contribution is 2.32. The second-order valence-electron chi connectivity index (χ2n) is 5.34. The van der Waals surface area contributed by atoms with E-state index >= 15 is 0 Å². The van der Waals surface area contributed by atoms with E-state index in [0.717, 1.165) is 39.8 Å². The topological polar surface area (TPSA) is 47.1 Å². The molecule has 3 rings (SSSR count). The number of rotatable bonds is 6. The number of methoxy groups -OCH3 is 2. The van der Waals surface area contributed by atoms with E-state index in [4.69, 9.17) is 14.5 Å². The number of nitrogens with one attached hydrogen (secondary N) is 1. The van der Waals surface area contributed by atoms with Crippen LogP contribution in [0.15, 0.2) is 53.9 Å². The van der Waals surface area contributed by atoms with Crippen LogP contribution in [0, 0.1) is 0 Å². The molecule has 3 aromatic rings. The van der Waals surface area contributed by atoms with Gasteiger partial charge in [0.1, 0.15) is 17.3 Å². The number of thioether (sulfide) groups is 1. The summed E-state index contributed by atoms with van der Waals surface area (Å²) in [5.41, 5.74) is 3.98. The molecule has 0 amide bonds. The Morgan fingerprint density at radius 3 is 1.96 bits per heavy atom. The highest BCUT2D eigenvalue weighted by molar-refractivity contribution is 8.01. The first-order valence-corrected chi connectivity index (χ1v) is 9.12. The monoisotopic (exact) mass is 352 g/mol. The smallest absolute Gasteiger partial charge is 0.131 e. The Hall–Kier alpha value is -2.66. The summed E-state index contributed by atoms with van der Waals surface area (Å²) in [6.45, 7) is 0. The lowest BCUT2D eigenvalue weighted by molar-refractivity contribution is 0.414. The van der Waals surface area contributed by atoms with Gasteiger partial charge in [-0.15, -0.1) is 11.8 Å². The Labute approximate surface area is 151 Å². The van der Waals surface area contributed by atoms with Crippen molar-refractivity contribution in [3.8, 4) is 34.0 Å². The molecule has 128 valence electrons. The number of ether oxygens (including phenoxy) is 2. The summed E-state index contributed by atoms with van der Waals surface area (Å²) >= 11 is 1.64. The molecule has 1 heterocycles. The number of H-pyrrole nitrogens is 1. The second kappa shape index (κ2) is 7.94. The van der Waals surface area contributed by atoms with Crippen molar-refractivity contribution in [3.63, 3.8) is 0 Å². The summed E-state index contributed by atoms with van der Waals surface area (Å²) in [6, 6.07) is 15.9. The summed E-state index contributed by atoms with van der Waals surface area (Å²) in [4.78, 5) is 8.18. The highest BCUT2D eigenvalue weighted by atomic mass is 32.2. The van der Waals surface area contributed by atoms with Gasteiger partial charge >= 0.3 is 0 Å². The van der Waals surface area contributed by atoms with Crippen LogP contribution >= 0.6 is 11.8 Å². The Morgan fingerprint density at radius 2 is 1.44 bits per heavy atom. The van der Waals surface area contributed by atoms with Crippen LogP contribution in [0.2, 0.25) is 0 Å². The normalized spacial score (nSPS) is 11.0. The van der Waals surface area contributed by atoms with Crippen LogP contribution in [-0.2, 0) is 0 Å². The zero-order chi connectivity index (χ0) is 17.6. The molecule has 5 heteroatoms. The third-order valence-electron chi connectivity index (χ3n) is 3.83. The van der Waals surface area contributed by atoms with Gasteiger partial charge in [-0.3, -0.25) is 0 Å². The van der Waals surface area contributed by atoms with Crippen molar-refractivity contribution in [2.24, 2.45) is 0 Å². The average Bonchev–Trinajstić information content (AvgIpc) is 3.10. The van der Waals surface area contributed by atoms with Gasteiger partial charge in [-0.25, -0.2) is 4.98 Å². The number of benzene rings is 2. The predicted molar refractivity (Wildman–Crippen MR) is 105 cm³/mol. The molecule has 0 radical (unpaired) electrons. The fraction of sp³-hybridized carbons (Fsp3) is 0.150. The fourth-order valence-electron chi connectivity index (χ4n) is 2.53. The fourth-order valence-corrected chi connectivity index (χ4v) is 2.79. The van der Waals surface area contributed by atoms with Crippen molar-refractivity contribution >= 4 is 17.8 Å². The van der Waals surface area contributed by atoms with Crippen molar-refractivity contribution in [3.05, 3.63) is 59.8 Å². The van der Waals surface area contributed by atoms with Crippen LogP contribution < -0.4 is 9.47 Å². The van der Waals surface area contributed by atoms with Crippen LogP contribution in [-0.4, -0.2) is 30.4 Å². The minimum absolute atomic E-state index is 0.825. The van der Waals surface area contributed by atoms with Gasteiger partial charge in [-0.1, -0.05) is 0 Å². The van der Waals surface area contributed by atoms with Crippen LogP contribution in [0.5, 0.6) is 11.5 Å². The van der Waals surface area contributed by atoms with Gasteiger partial charge in [0, 0.05) is 11.1 Å². The van der Waals surface area contributed by atoms with Crippen molar-refractivity contribution in [2.75, 3.05) is 20.5 Å². The maximum absolute atomic E-state index is 5.25. The van der Waals surface area contributed by atoms with E-state index in [-0.39, 0.29) is 0 Å². The minimum atomic E-state index is 0.825. The summed E-state index contributed by atoms with van der Waals surface area (Å²) in [6.07, 6.45) is 4.00. The lowest BCUT2D eigenvalue weighted by Crippen LogP contribution is -1.87. The molecule has 0 spiro atoms. The highest BCUT2D eigenvalue weighted by Gasteiger charge is 2.13. The molecule has 0 aliphatic heterocycles. The van der Waals surface area contributed by atoms with E-state index in [9.17, 15) is 0 Å². The molecule has 0 saturated heterocycles. The van der Waals surface area contributed by atoms with Gasteiger partial charge < -0.3 is 14.5 Å². The van der Waals surface area contributed by atoms with E-state index in [1.54, 1.807) is 26.0 Å². The molecule has 4 nitrogen and oxygen atoms in total. The van der Waals surface area contributed by atoms with Gasteiger partial charge in [-0.2, -0.15) is 0 Å². The van der Waals surface area contributed by atoms with Gasteiger partial charge in [0.25, 0.3) is 0 Å². The maximum Gasteiger partial charge on any atom is 0.131 e. The van der Waals surface area contributed by atoms with E-state index in [1.165, 1.54) is 0 Å². The predicted octanol–water partition coefficient (Wildman–Crippen LogP) is 5.09. The first kappa shape index (κ1) is 17.2. The van der Waals surface area contributed by atoms with Crippen LogP contribution in [0.4, 0.5) is 0 Å². The Balaban J connectivity index is 2.07. The van der Waals surface area contributed by atoms with Crippen LogP contribution in [0.3, 0.4) is 0 Å². The number of aromatic amines is 1. The van der Waals surface area contributed by atoms with Crippen molar-refractivity contribution < 1.29 is 9.47 Å². The molecule has 25 heavy (non-hydrogen) atoms. The van der Waals surface area contributed by atoms with Crippen molar-refractivity contribution in [1.29, 1.82) is 0 Å². The molecular formula is C20H20N2O2S. The van der Waals surface area contributed by atoms with Crippen LogP contribution in [0.25, 0.3) is 28.6 Å². The number of hydrogen-bond acceptors (Lipinski definition) is 4. The lowest BCUT2D eigenvalue weighted by atomic mass is 10.0. The molecule has 0 unspecified atom stereocenters. The molecule has 0 aliphatic rings. The Bertz CT molecular complexity index is 787. The molecule has 2 aromatic carbocycles. The van der Waals surface area contributed by atoms with Crippen LogP contribution in [0.1, 0.15) is 5.82 Å². The molecule has 0 saturated carbocycles. The first-order valence-electron chi connectivity index (χ1n) is 7.83. The summed E-state index contributed by atoms with van der Waals surface area (Å²) in [7, 11) is 3.33. The largest absolute Gasteiger partial charge is 0.497 e. The third-order valence-corrected chi connectivity index (χ3v) is 4.23. The van der Waals surface area contributed by atoms with Crippen molar-refractivity contribution in [2.45, 2.75) is 0 Å². The number of aromatic nitrogens is 2. The summed E-state index contributed by atoms with van der Waals surface area (Å²) in [5.74, 6) is 2.48. The molecule has 0 bridgehead atoms. The summed E-state index contributed by atoms with van der Waals surface area (Å²) < 4.78 is 10.5. The maximum atomic E-state index is 5.25. The van der Waals surface area contributed by atoms with Gasteiger partial charge in [0.05, 0.1) is 25.6 Å². The van der Waals surface area contributed by atoms with Gasteiger partial charge in [-0.05, 0) is 66.3 Å². The number of imidazole rings is 1. The molecule has 1 N–H and O–H groups in total. The van der Waals surface area contributed by atoms with E-state index in [1.807, 2.05) is 66.3 Å². The summed E-state index contributed by atoms with van der Waals surface area (Å²) in [5, 5.41) is 2.01. The first-order chi connectivity index (χ1) is 12.2. The quantitative estimate of drug-likeness (QED) is 0.671. The zero-order valence-electron chi connectivity index (χ0n) is 14.4. The molecular weight excluding hydrogens is 332 g/mol. The molecule has 0 atom stereocenters. The standard InChI is InChI=1S/C20H20N2O2S/c1-23-16-8-4-14(5-9-16)19-20(22-18(21-19)12-13-25-3)15-6-10-17(24-2)11-7-15/h4-13H,1-3H3,(H,21,22)/b13-12+. The SMILES string of the molecule is COc1ccc(-c2nc(/C=C/SC)[nH]c2-c2ccc(OC)cc2)cc1. The zero-order valence-corrected chi connectivity index (χ0v) is 15.3. The Morgan fingerprint density at radius 1 is 0.880 bits per heavy atom. The molecule has 0 aliphatic carbocycles. The van der Waals surface area contributed by atoms with E-state index in [2.05, 4.69) is 4.98 Å². The molecule has 0 fully saturated rings. The van der Waals surface area contributed by atoms with E-state index in [0.29, 0.717) is 0 Å². The number of nitrogens with zero attached hydrogens (tertiary/aromatic N) is 1. The minimum Gasteiger partial charge on any atom is -0.497 e. The molecule has 1 aromatic heterocycles. The number of hydrogen-bond donors (Lipinski definition) is 1. The average molecular weight is 352 g/mol. The van der Waals surface area contributed by atoms with Crippen molar-refractivity contribution in [1.82, 2.24) is 9.97 Å². The van der Waals surface area contributed by atoms with E-state index < -0.39 is 0 Å². The second-order valence-corrected chi connectivity index (χ2v) is 6.08. The van der Waals surface area contributed by atoms with Gasteiger partial charge in [0.15, 0.2) is 0 Å². The third kappa shape index (κ3) is 3.88. The lowest BCUT2D eigenvalue weighted by Gasteiger charge is -2.06. The Kier molecular flexibility index (Phi) is 5.46. The van der Waals surface area contributed by atoms with Gasteiger partial charge in [0.2, 0.25) is 0 Å².